The first-order valence-electron chi connectivity index (χ1n) is 8.00. The predicted octanol–water partition coefficient (Wildman–Crippen LogP) is 1.01. The molecule has 2 N–H and O–H groups in total. The fourth-order valence-corrected chi connectivity index (χ4v) is 3.73. The summed E-state index contributed by atoms with van der Waals surface area (Å²) >= 11 is 6.31. The highest BCUT2D eigenvalue weighted by molar-refractivity contribution is 6.34. The molecule has 4 heterocycles. The number of likely N-dealkylation sites (tertiary alicyclic amines) is 1. The van der Waals surface area contributed by atoms with Crippen LogP contribution in [-0.2, 0) is 5.66 Å². The molecule has 0 saturated carbocycles. The van der Waals surface area contributed by atoms with Gasteiger partial charge in [-0.3, -0.25) is 14.2 Å². The van der Waals surface area contributed by atoms with Crippen LogP contribution in [0.25, 0.3) is 0 Å². The van der Waals surface area contributed by atoms with Crippen LogP contribution in [0.2, 0.25) is 5.02 Å². The summed E-state index contributed by atoms with van der Waals surface area (Å²) in [6.07, 6.45) is 5.88. The zero-order chi connectivity index (χ0) is 18.3. The van der Waals surface area contributed by atoms with Gasteiger partial charge in [0.1, 0.15) is 29.2 Å². The normalized spacial score (nSPS) is 17.5. The van der Waals surface area contributed by atoms with Gasteiger partial charge in [0.25, 0.3) is 11.5 Å². The van der Waals surface area contributed by atoms with E-state index in [2.05, 4.69) is 26.8 Å². The van der Waals surface area contributed by atoms with E-state index in [1.165, 1.54) is 17.0 Å². The van der Waals surface area contributed by atoms with Gasteiger partial charge in [0.05, 0.1) is 5.02 Å². The van der Waals surface area contributed by atoms with Gasteiger partial charge in [0.15, 0.2) is 6.19 Å². The number of aromatic nitrogens is 3. The van der Waals surface area contributed by atoms with Gasteiger partial charge < -0.3 is 15.5 Å². The standard InChI is InChI=1S/C16H14ClN7O2/c17-10-7-11(21-12-1-4-19-9-20-12)15(26)24-13(10)14(25)22-16(24)2-5-23(8-18)6-3-16/h1,4,7,9H,2-3,5-6H2,(H,22,25)(H,19,20,21). The van der Waals surface area contributed by atoms with Crippen LogP contribution in [0.4, 0.5) is 11.5 Å². The summed E-state index contributed by atoms with van der Waals surface area (Å²) in [4.78, 5) is 35.0. The highest BCUT2D eigenvalue weighted by Crippen LogP contribution is 2.35. The molecule has 2 aromatic rings. The van der Waals surface area contributed by atoms with Gasteiger partial charge in [-0.15, -0.1) is 0 Å². The fourth-order valence-electron chi connectivity index (χ4n) is 3.45. The van der Waals surface area contributed by atoms with Crippen molar-refractivity contribution in [1.29, 1.82) is 5.26 Å². The first-order valence-corrected chi connectivity index (χ1v) is 8.38. The van der Waals surface area contributed by atoms with Crippen molar-refractivity contribution < 1.29 is 4.79 Å². The first kappa shape index (κ1) is 16.4. The number of amides is 1. The highest BCUT2D eigenvalue weighted by atomic mass is 35.5. The van der Waals surface area contributed by atoms with E-state index in [9.17, 15) is 9.59 Å². The Morgan fingerprint density at radius 2 is 2.12 bits per heavy atom. The summed E-state index contributed by atoms with van der Waals surface area (Å²) < 4.78 is 1.43. The molecule has 0 unspecified atom stereocenters. The van der Waals surface area contributed by atoms with E-state index >= 15 is 0 Å². The molecule has 1 fully saturated rings. The number of hydrogen-bond acceptors (Lipinski definition) is 7. The Labute approximate surface area is 153 Å². The van der Waals surface area contributed by atoms with Crippen LogP contribution >= 0.6 is 11.6 Å². The number of anilines is 2. The SMILES string of the molecule is N#CN1CCC2(CC1)NC(=O)c1c(Cl)cc(Nc3ccncn3)c(=O)n12. The molecule has 2 aliphatic rings. The average molecular weight is 372 g/mol. The van der Waals surface area contributed by atoms with Crippen molar-refractivity contribution in [3.05, 3.63) is 45.7 Å². The Morgan fingerprint density at radius 3 is 2.77 bits per heavy atom. The van der Waals surface area contributed by atoms with Crippen LogP contribution in [0.3, 0.4) is 0 Å². The van der Waals surface area contributed by atoms with Crippen LogP contribution in [0.15, 0.2) is 29.5 Å². The summed E-state index contributed by atoms with van der Waals surface area (Å²) in [5, 5.41) is 15.1. The molecule has 1 amide bonds. The largest absolute Gasteiger partial charge is 0.336 e. The van der Waals surface area contributed by atoms with E-state index in [1.54, 1.807) is 17.2 Å². The Bertz CT molecular complexity index is 975. The second kappa shape index (κ2) is 6.00. The minimum absolute atomic E-state index is 0.148. The highest BCUT2D eigenvalue weighted by Gasteiger charge is 2.46. The summed E-state index contributed by atoms with van der Waals surface area (Å²) in [7, 11) is 0. The van der Waals surface area contributed by atoms with Crippen molar-refractivity contribution in [3.8, 4) is 6.19 Å². The number of carbonyl (C=O) groups excluding carboxylic acids is 1. The van der Waals surface area contributed by atoms with Crippen molar-refractivity contribution >= 4 is 29.0 Å². The van der Waals surface area contributed by atoms with E-state index in [1.807, 2.05) is 0 Å². The Morgan fingerprint density at radius 1 is 1.35 bits per heavy atom. The molecule has 0 aromatic carbocycles. The van der Waals surface area contributed by atoms with Crippen molar-refractivity contribution in [3.63, 3.8) is 0 Å². The van der Waals surface area contributed by atoms with E-state index in [-0.39, 0.29) is 27.9 Å². The Kier molecular flexibility index (Phi) is 3.77. The third kappa shape index (κ3) is 2.46. The van der Waals surface area contributed by atoms with E-state index in [0.29, 0.717) is 31.7 Å². The minimum atomic E-state index is -0.871. The summed E-state index contributed by atoms with van der Waals surface area (Å²) in [6, 6.07) is 3.05. The third-order valence-electron chi connectivity index (χ3n) is 4.72. The van der Waals surface area contributed by atoms with Gasteiger partial charge in [-0.2, -0.15) is 5.26 Å². The Hall–Kier alpha value is -3.12. The molecule has 4 rings (SSSR count). The molecule has 0 atom stereocenters. The molecule has 10 heteroatoms. The van der Waals surface area contributed by atoms with Crippen LogP contribution in [-0.4, -0.2) is 38.4 Å². The second-order valence-electron chi connectivity index (χ2n) is 6.19. The lowest BCUT2D eigenvalue weighted by atomic mass is 9.97. The predicted molar refractivity (Wildman–Crippen MR) is 92.9 cm³/mol. The molecule has 0 radical (unpaired) electrons. The van der Waals surface area contributed by atoms with Gasteiger partial charge in [0.2, 0.25) is 0 Å². The van der Waals surface area contributed by atoms with Gasteiger partial charge in [-0.05, 0) is 12.1 Å². The van der Waals surface area contributed by atoms with Crippen LogP contribution in [0, 0.1) is 11.5 Å². The van der Waals surface area contributed by atoms with Crippen LogP contribution in [0.5, 0.6) is 0 Å². The Balaban J connectivity index is 1.80. The maximum Gasteiger partial charge on any atom is 0.276 e. The molecular formula is C16H14ClN7O2. The summed E-state index contributed by atoms with van der Waals surface area (Å²) in [5.74, 6) is 0.0606. The lowest BCUT2D eigenvalue weighted by Crippen LogP contribution is -2.53. The molecule has 0 aliphatic carbocycles. The molecule has 2 aliphatic heterocycles. The van der Waals surface area contributed by atoms with Crippen molar-refractivity contribution in [1.82, 2.24) is 24.8 Å². The number of carbonyl (C=O) groups is 1. The first-order chi connectivity index (χ1) is 12.5. The quantitative estimate of drug-likeness (QED) is 0.756. The van der Waals surface area contributed by atoms with Gasteiger partial charge >= 0.3 is 0 Å². The van der Waals surface area contributed by atoms with Gasteiger partial charge in [0, 0.05) is 32.1 Å². The van der Waals surface area contributed by atoms with Crippen molar-refractivity contribution in [2.24, 2.45) is 0 Å². The van der Waals surface area contributed by atoms with Gasteiger partial charge in [-0.25, -0.2) is 9.97 Å². The average Bonchev–Trinajstić information content (AvgIpc) is 2.93. The molecule has 132 valence electrons. The van der Waals surface area contributed by atoms with Crippen molar-refractivity contribution in [2.75, 3.05) is 18.4 Å². The third-order valence-corrected chi connectivity index (χ3v) is 5.01. The van der Waals surface area contributed by atoms with E-state index < -0.39 is 5.66 Å². The van der Waals surface area contributed by atoms with Crippen LogP contribution < -0.4 is 16.2 Å². The topological polar surface area (TPSA) is 116 Å². The summed E-state index contributed by atoms with van der Waals surface area (Å²) in [6.45, 7) is 0.897. The van der Waals surface area contributed by atoms with Crippen molar-refractivity contribution in [2.45, 2.75) is 18.5 Å². The monoisotopic (exact) mass is 371 g/mol. The molecular weight excluding hydrogens is 358 g/mol. The minimum Gasteiger partial charge on any atom is -0.336 e. The number of nitrogens with one attached hydrogen (secondary N) is 2. The van der Waals surface area contributed by atoms with E-state index in [4.69, 9.17) is 16.9 Å². The lowest BCUT2D eigenvalue weighted by molar-refractivity contribution is 0.0832. The zero-order valence-electron chi connectivity index (χ0n) is 13.6. The number of nitriles is 1. The number of hydrogen-bond donors (Lipinski definition) is 2. The molecule has 9 nitrogen and oxygen atoms in total. The molecule has 1 saturated heterocycles. The maximum atomic E-state index is 13.1. The number of rotatable bonds is 2. The molecule has 1 spiro atoms. The second-order valence-corrected chi connectivity index (χ2v) is 6.59. The fraction of sp³-hybridized carbons (Fsp3) is 0.312. The lowest BCUT2D eigenvalue weighted by Gasteiger charge is -2.38. The number of pyridine rings is 1. The summed E-state index contributed by atoms with van der Waals surface area (Å²) in [5.41, 5.74) is -0.873. The number of nitrogens with zero attached hydrogens (tertiary/aromatic N) is 5. The smallest absolute Gasteiger partial charge is 0.276 e. The zero-order valence-corrected chi connectivity index (χ0v) is 14.3. The maximum absolute atomic E-state index is 13.1. The molecule has 2 aromatic heterocycles. The molecule has 0 bridgehead atoms. The molecule has 26 heavy (non-hydrogen) atoms. The number of fused-ring (bicyclic) bond motifs is 2. The van der Waals surface area contributed by atoms with Gasteiger partial charge in [-0.1, -0.05) is 11.6 Å². The van der Waals surface area contributed by atoms with E-state index in [0.717, 1.165) is 0 Å². The van der Waals surface area contributed by atoms with Crippen LogP contribution in [0.1, 0.15) is 23.3 Å². The number of halogens is 1. The number of piperidine rings is 1.